The molecule has 0 radical (unpaired) electrons. The van der Waals surface area contributed by atoms with Crippen molar-refractivity contribution in [1.29, 1.82) is 0 Å². The molecule has 2 aliphatic heterocycles. The topological polar surface area (TPSA) is 32.8 Å². The summed E-state index contributed by atoms with van der Waals surface area (Å²) in [6, 6.07) is 7.64. The molecule has 126 valence electrons. The maximum Gasteiger partial charge on any atom is 0.257 e. The maximum atomic E-state index is 12.9. The van der Waals surface area contributed by atoms with Crippen LogP contribution in [0.2, 0.25) is 0 Å². The van der Waals surface area contributed by atoms with Gasteiger partial charge in [-0.25, -0.2) is 0 Å². The van der Waals surface area contributed by atoms with Gasteiger partial charge < -0.3 is 14.5 Å². The van der Waals surface area contributed by atoms with Gasteiger partial charge in [-0.05, 0) is 56.8 Å². The fourth-order valence-electron chi connectivity index (χ4n) is 3.90. The second kappa shape index (κ2) is 6.91. The standard InChI is InChI=1S/C19H28N2O2/c1-3-14-23-17-7-5-4-6-16(17)18(22)21-12-9-19(10-13-21)8-11-20(2)15-19/h4-7H,3,8-15H2,1-2H3. The number of hydrogen-bond acceptors (Lipinski definition) is 3. The monoisotopic (exact) mass is 316 g/mol. The first kappa shape index (κ1) is 16.3. The Morgan fingerprint density at radius 2 is 1.87 bits per heavy atom. The molecule has 0 atom stereocenters. The lowest BCUT2D eigenvalue weighted by Gasteiger charge is -2.39. The minimum Gasteiger partial charge on any atom is -0.493 e. The van der Waals surface area contributed by atoms with Crippen LogP contribution >= 0.6 is 0 Å². The Bertz CT molecular complexity index is 550. The molecule has 1 spiro atoms. The minimum absolute atomic E-state index is 0.123. The van der Waals surface area contributed by atoms with E-state index in [1.165, 1.54) is 19.5 Å². The van der Waals surface area contributed by atoms with Crippen LogP contribution < -0.4 is 4.74 Å². The van der Waals surface area contributed by atoms with Crippen molar-refractivity contribution in [2.75, 3.05) is 39.8 Å². The van der Waals surface area contributed by atoms with Gasteiger partial charge in [0, 0.05) is 19.6 Å². The molecule has 2 aliphatic rings. The third-order valence-corrected chi connectivity index (χ3v) is 5.32. The predicted octanol–water partition coefficient (Wildman–Crippen LogP) is 3.03. The first-order valence-electron chi connectivity index (χ1n) is 8.83. The predicted molar refractivity (Wildman–Crippen MR) is 91.9 cm³/mol. The fourth-order valence-corrected chi connectivity index (χ4v) is 3.90. The van der Waals surface area contributed by atoms with Gasteiger partial charge in [0.05, 0.1) is 12.2 Å². The zero-order chi connectivity index (χ0) is 16.3. The van der Waals surface area contributed by atoms with E-state index in [0.717, 1.165) is 38.1 Å². The summed E-state index contributed by atoms with van der Waals surface area (Å²) in [5.41, 5.74) is 1.16. The van der Waals surface area contributed by atoms with Crippen LogP contribution in [0.1, 0.15) is 43.0 Å². The molecule has 2 saturated heterocycles. The minimum atomic E-state index is 0.123. The second-order valence-corrected chi connectivity index (χ2v) is 7.12. The fraction of sp³-hybridized carbons (Fsp3) is 0.632. The van der Waals surface area contributed by atoms with Crippen molar-refractivity contribution in [2.24, 2.45) is 5.41 Å². The Kier molecular flexibility index (Phi) is 4.90. The van der Waals surface area contributed by atoms with E-state index in [9.17, 15) is 4.79 Å². The van der Waals surface area contributed by atoms with E-state index in [1.807, 2.05) is 29.2 Å². The molecule has 0 aromatic heterocycles. The van der Waals surface area contributed by atoms with Crippen LogP contribution in [0.4, 0.5) is 0 Å². The van der Waals surface area contributed by atoms with Crippen molar-refractivity contribution in [1.82, 2.24) is 9.80 Å². The van der Waals surface area contributed by atoms with Gasteiger partial charge in [-0.1, -0.05) is 19.1 Å². The van der Waals surface area contributed by atoms with E-state index in [-0.39, 0.29) is 5.91 Å². The lowest BCUT2D eigenvalue weighted by atomic mass is 9.77. The van der Waals surface area contributed by atoms with Crippen molar-refractivity contribution < 1.29 is 9.53 Å². The lowest BCUT2D eigenvalue weighted by Crippen LogP contribution is -2.44. The molecule has 0 aliphatic carbocycles. The summed E-state index contributed by atoms with van der Waals surface area (Å²) in [7, 11) is 2.20. The maximum absolute atomic E-state index is 12.9. The molecule has 0 N–H and O–H groups in total. The summed E-state index contributed by atoms with van der Waals surface area (Å²) in [6.07, 6.45) is 4.48. The van der Waals surface area contributed by atoms with E-state index >= 15 is 0 Å². The van der Waals surface area contributed by atoms with Gasteiger partial charge >= 0.3 is 0 Å². The Morgan fingerprint density at radius 3 is 2.52 bits per heavy atom. The number of nitrogens with zero attached hydrogens (tertiary/aromatic N) is 2. The number of rotatable bonds is 4. The van der Waals surface area contributed by atoms with Crippen LogP contribution in [-0.4, -0.2) is 55.5 Å². The highest BCUT2D eigenvalue weighted by atomic mass is 16.5. The highest BCUT2D eigenvalue weighted by Crippen LogP contribution is 2.40. The van der Waals surface area contributed by atoms with E-state index < -0.39 is 0 Å². The van der Waals surface area contributed by atoms with Crippen molar-refractivity contribution >= 4 is 5.91 Å². The summed E-state index contributed by atoms with van der Waals surface area (Å²) >= 11 is 0. The molecule has 1 amide bonds. The van der Waals surface area contributed by atoms with Crippen molar-refractivity contribution in [3.63, 3.8) is 0 Å². The van der Waals surface area contributed by atoms with Crippen LogP contribution in [0.5, 0.6) is 5.75 Å². The Morgan fingerprint density at radius 1 is 1.17 bits per heavy atom. The summed E-state index contributed by atoms with van der Waals surface area (Å²) in [5.74, 6) is 0.846. The quantitative estimate of drug-likeness (QED) is 0.856. The van der Waals surface area contributed by atoms with Gasteiger partial charge in [0.2, 0.25) is 0 Å². The number of carbonyl (C=O) groups excluding carboxylic acids is 1. The molecule has 2 fully saturated rings. The van der Waals surface area contributed by atoms with Crippen LogP contribution in [-0.2, 0) is 0 Å². The number of ether oxygens (including phenoxy) is 1. The van der Waals surface area contributed by atoms with Gasteiger partial charge in [-0.3, -0.25) is 4.79 Å². The highest BCUT2D eigenvalue weighted by Gasteiger charge is 2.40. The molecule has 0 bridgehead atoms. The molecule has 0 unspecified atom stereocenters. The summed E-state index contributed by atoms with van der Waals surface area (Å²) in [5, 5.41) is 0. The first-order valence-corrected chi connectivity index (χ1v) is 8.83. The number of carbonyl (C=O) groups is 1. The molecule has 0 saturated carbocycles. The number of hydrogen-bond donors (Lipinski definition) is 0. The molecule has 4 nitrogen and oxygen atoms in total. The normalized spacial score (nSPS) is 20.9. The number of para-hydroxylation sites is 1. The third-order valence-electron chi connectivity index (χ3n) is 5.32. The van der Waals surface area contributed by atoms with Gasteiger partial charge in [0.15, 0.2) is 0 Å². The number of piperidine rings is 1. The number of benzene rings is 1. The Labute approximate surface area is 139 Å². The average Bonchev–Trinajstić information content (AvgIpc) is 2.94. The smallest absolute Gasteiger partial charge is 0.257 e. The first-order chi connectivity index (χ1) is 11.1. The zero-order valence-corrected chi connectivity index (χ0v) is 14.4. The molecule has 4 heteroatoms. The van der Waals surface area contributed by atoms with Gasteiger partial charge in [0.25, 0.3) is 5.91 Å². The van der Waals surface area contributed by atoms with E-state index in [1.54, 1.807) is 0 Å². The molecule has 1 aromatic rings. The van der Waals surface area contributed by atoms with E-state index in [2.05, 4.69) is 18.9 Å². The SMILES string of the molecule is CCCOc1ccccc1C(=O)N1CCC2(CCN(C)C2)CC1. The summed E-state index contributed by atoms with van der Waals surface area (Å²) in [6.45, 7) is 6.85. The molecule has 3 rings (SSSR count). The van der Waals surface area contributed by atoms with Crippen LogP contribution in [0, 0.1) is 5.41 Å². The Balaban J connectivity index is 1.66. The molecule has 2 heterocycles. The van der Waals surface area contributed by atoms with E-state index in [4.69, 9.17) is 4.74 Å². The largest absolute Gasteiger partial charge is 0.493 e. The molecule has 1 aromatic carbocycles. The third kappa shape index (κ3) is 3.52. The van der Waals surface area contributed by atoms with Crippen molar-refractivity contribution in [3.8, 4) is 5.75 Å². The van der Waals surface area contributed by atoms with Crippen molar-refractivity contribution in [3.05, 3.63) is 29.8 Å². The van der Waals surface area contributed by atoms with Crippen LogP contribution in [0.25, 0.3) is 0 Å². The van der Waals surface area contributed by atoms with E-state index in [0.29, 0.717) is 17.6 Å². The highest BCUT2D eigenvalue weighted by molar-refractivity contribution is 5.97. The molecular formula is C19H28N2O2. The van der Waals surface area contributed by atoms with Gasteiger partial charge in [-0.2, -0.15) is 0 Å². The van der Waals surface area contributed by atoms with Gasteiger partial charge in [0.1, 0.15) is 5.75 Å². The average molecular weight is 316 g/mol. The summed E-state index contributed by atoms with van der Waals surface area (Å²) < 4.78 is 5.75. The lowest BCUT2D eigenvalue weighted by molar-refractivity contribution is 0.0590. The van der Waals surface area contributed by atoms with Gasteiger partial charge in [-0.15, -0.1) is 0 Å². The summed E-state index contributed by atoms with van der Waals surface area (Å²) in [4.78, 5) is 17.3. The van der Waals surface area contributed by atoms with Crippen LogP contribution in [0.15, 0.2) is 24.3 Å². The number of likely N-dealkylation sites (tertiary alicyclic amines) is 2. The zero-order valence-electron chi connectivity index (χ0n) is 14.4. The molecular weight excluding hydrogens is 288 g/mol. The van der Waals surface area contributed by atoms with Crippen molar-refractivity contribution in [2.45, 2.75) is 32.6 Å². The number of amides is 1. The Hall–Kier alpha value is -1.55. The van der Waals surface area contributed by atoms with Crippen LogP contribution in [0.3, 0.4) is 0 Å². The molecule has 23 heavy (non-hydrogen) atoms. The second-order valence-electron chi connectivity index (χ2n) is 7.12.